The normalized spacial score (nSPS) is 35.4. The molecule has 3 aliphatic carbocycles. The van der Waals surface area contributed by atoms with Crippen LogP contribution in [0.4, 0.5) is 9.18 Å². The quantitative estimate of drug-likeness (QED) is 0.837. The fraction of sp³-hybridized carbons (Fsp3) is 0.632. The lowest BCUT2D eigenvalue weighted by Crippen LogP contribution is -2.65. The average molecular weight is 361 g/mol. The Morgan fingerprint density at radius 2 is 2.04 bits per heavy atom. The summed E-state index contributed by atoms with van der Waals surface area (Å²) in [7, 11) is -0.669. The minimum absolute atomic E-state index is 0.00327. The van der Waals surface area contributed by atoms with Crippen LogP contribution >= 0.6 is 0 Å². The van der Waals surface area contributed by atoms with Gasteiger partial charge in [0, 0.05) is 6.42 Å². The van der Waals surface area contributed by atoms with Crippen LogP contribution in [0.15, 0.2) is 24.3 Å². The zero-order valence-electron chi connectivity index (χ0n) is 15.4. The molecule has 1 amide bonds. The maximum absolute atomic E-state index is 13.2. The maximum atomic E-state index is 13.2. The molecule has 1 aromatic carbocycles. The lowest BCUT2D eigenvalue weighted by Gasteiger charge is -2.64. The maximum Gasteiger partial charge on any atom is 0.502 e. The van der Waals surface area contributed by atoms with E-state index in [0.717, 1.165) is 18.4 Å². The number of hydrogen-bond donors (Lipinski definition) is 1. The van der Waals surface area contributed by atoms with E-state index in [1.807, 2.05) is 0 Å². The van der Waals surface area contributed by atoms with Crippen molar-refractivity contribution in [2.45, 2.75) is 57.7 Å². The average Bonchev–Trinajstić information content (AvgIpc) is 2.92. The van der Waals surface area contributed by atoms with Gasteiger partial charge in [0.25, 0.3) is 0 Å². The smallest absolute Gasteiger partial charge is 0.448 e. The summed E-state index contributed by atoms with van der Waals surface area (Å²) in [5.74, 6) is 0.749. The molecule has 0 spiro atoms. The van der Waals surface area contributed by atoms with Crippen LogP contribution in [-0.4, -0.2) is 30.9 Å². The fourth-order valence-corrected chi connectivity index (χ4v) is 5.25. The van der Waals surface area contributed by atoms with Crippen molar-refractivity contribution in [2.24, 2.45) is 23.0 Å². The number of nitrogens with two attached hydrogens (primary N) is 1. The zero-order valence-corrected chi connectivity index (χ0v) is 15.4. The summed E-state index contributed by atoms with van der Waals surface area (Å²) in [5.41, 5.74) is 5.95. The van der Waals surface area contributed by atoms with Crippen LogP contribution in [0.2, 0.25) is 0 Å². The molecule has 1 aromatic rings. The number of benzene rings is 1. The van der Waals surface area contributed by atoms with Gasteiger partial charge in [-0.15, -0.1) is 0 Å². The first-order valence-corrected chi connectivity index (χ1v) is 9.24. The molecule has 26 heavy (non-hydrogen) atoms. The number of amides is 1. The summed E-state index contributed by atoms with van der Waals surface area (Å²) < 4.78 is 31.0. The Bertz CT molecular complexity index is 712. The number of carbonyl (C=O) groups is 1. The van der Waals surface area contributed by atoms with E-state index in [-0.39, 0.29) is 22.9 Å². The largest absolute Gasteiger partial charge is 0.502 e. The molecule has 4 fully saturated rings. The molecule has 5 nitrogen and oxygen atoms in total. The highest BCUT2D eigenvalue weighted by molar-refractivity contribution is 6.47. The van der Waals surface area contributed by atoms with Gasteiger partial charge in [-0.05, 0) is 54.7 Å². The number of hydrogen-bond acceptors (Lipinski definition) is 4. The van der Waals surface area contributed by atoms with Gasteiger partial charge in [-0.25, -0.2) is 9.18 Å². The molecule has 5 atom stereocenters. The topological polar surface area (TPSA) is 70.8 Å². The molecule has 1 aliphatic heterocycles. The molecule has 3 saturated carbocycles. The molecule has 4 aliphatic rings. The van der Waals surface area contributed by atoms with Crippen LogP contribution < -0.4 is 5.73 Å². The van der Waals surface area contributed by atoms with Crippen LogP contribution in [0.5, 0.6) is 0 Å². The summed E-state index contributed by atoms with van der Waals surface area (Å²) >= 11 is 0. The lowest BCUT2D eigenvalue weighted by atomic mass is 9.43. The minimum atomic E-state index is -0.867. The lowest BCUT2D eigenvalue weighted by molar-refractivity contribution is -0.199. The molecular weight excluding hydrogens is 336 g/mol. The van der Waals surface area contributed by atoms with Crippen molar-refractivity contribution >= 4 is 13.2 Å². The van der Waals surface area contributed by atoms with E-state index >= 15 is 0 Å². The molecule has 0 aromatic heterocycles. The van der Waals surface area contributed by atoms with Crippen molar-refractivity contribution in [1.29, 1.82) is 0 Å². The van der Waals surface area contributed by atoms with Gasteiger partial charge in [0.1, 0.15) is 11.8 Å². The van der Waals surface area contributed by atoms with Gasteiger partial charge < -0.3 is 19.8 Å². The number of rotatable bonds is 4. The number of ether oxygens (including phenoxy) is 1. The van der Waals surface area contributed by atoms with Crippen LogP contribution in [0, 0.1) is 23.1 Å². The van der Waals surface area contributed by atoms with Crippen molar-refractivity contribution in [3.05, 3.63) is 35.6 Å². The third-order valence-electron chi connectivity index (χ3n) is 6.89. The third kappa shape index (κ3) is 2.72. The van der Waals surface area contributed by atoms with E-state index in [9.17, 15) is 9.18 Å². The Hall–Kier alpha value is -1.60. The minimum Gasteiger partial charge on any atom is -0.448 e. The monoisotopic (exact) mass is 361 g/mol. The highest BCUT2D eigenvalue weighted by Gasteiger charge is 2.68. The number of primary amides is 1. The van der Waals surface area contributed by atoms with Crippen molar-refractivity contribution in [3.63, 3.8) is 0 Å². The summed E-state index contributed by atoms with van der Waals surface area (Å²) in [6.45, 7) is 6.69. The second-order valence-electron chi connectivity index (χ2n) is 8.64. The molecular formula is C19H25BFNO4. The fourth-order valence-electron chi connectivity index (χ4n) is 5.25. The van der Waals surface area contributed by atoms with Crippen molar-refractivity contribution in [2.75, 3.05) is 0 Å². The van der Waals surface area contributed by atoms with E-state index in [1.54, 1.807) is 12.1 Å². The Labute approximate surface area is 153 Å². The van der Waals surface area contributed by atoms with Gasteiger partial charge >= 0.3 is 13.2 Å². The van der Waals surface area contributed by atoms with Gasteiger partial charge in [0.2, 0.25) is 0 Å². The predicted octanol–water partition coefficient (Wildman–Crippen LogP) is 3.10. The molecule has 0 unspecified atom stereocenters. The Morgan fingerprint density at radius 3 is 2.65 bits per heavy atom. The third-order valence-corrected chi connectivity index (χ3v) is 6.89. The van der Waals surface area contributed by atoms with Crippen molar-refractivity contribution < 1.29 is 23.2 Å². The Kier molecular flexibility index (Phi) is 4.08. The zero-order chi connectivity index (χ0) is 18.7. The summed E-state index contributed by atoms with van der Waals surface area (Å²) in [6, 6.07) is 5.42. The SMILES string of the molecule is CC1(C)[C@@H]2C[C@H]3OB([C@H](Cc4ccc(F)cc4)OC(N)=O)O[C@@]3(C)[C@H]1C2. The predicted molar refractivity (Wildman–Crippen MR) is 94.7 cm³/mol. The molecule has 140 valence electrons. The first-order valence-electron chi connectivity index (χ1n) is 9.24. The molecule has 2 N–H and O–H groups in total. The first kappa shape index (κ1) is 17.8. The standard InChI is InChI=1S/C19H25BFNO4/c1-18(2)12-9-14(18)19(3)15(10-12)25-20(26-19)16(24-17(22)23)8-11-4-6-13(21)7-5-11/h4-7,12,14-16H,8-10H2,1-3H3,(H2,22,23)/t12-,14-,15+,16-,19-/m0/s1. The van der Waals surface area contributed by atoms with E-state index in [2.05, 4.69) is 20.8 Å². The number of halogens is 1. The molecule has 1 heterocycles. The highest BCUT2D eigenvalue weighted by Crippen LogP contribution is 2.65. The van der Waals surface area contributed by atoms with Crippen LogP contribution in [-0.2, 0) is 20.5 Å². The van der Waals surface area contributed by atoms with Gasteiger partial charge in [-0.1, -0.05) is 26.0 Å². The highest BCUT2D eigenvalue weighted by atomic mass is 19.1. The molecule has 0 radical (unpaired) electrons. The van der Waals surface area contributed by atoms with Gasteiger partial charge in [0.05, 0.1) is 11.7 Å². The Balaban J connectivity index is 1.54. The second kappa shape index (κ2) is 5.96. The molecule has 7 heteroatoms. The van der Waals surface area contributed by atoms with Crippen LogP contribution in [0.1, 0.15) is 39.2 Å². The molecule has 5 rings (SSSR count). The summed E-state index contributed by atoms with van der Waals surface area (Å²) in [6.07, 6.45) is 1.59. The van der Waals surface area contributed by atoms with E-state index < -0.39 is 19.2 Å². The second-order valence-corrected chi connectivity index (χ2v) is 8.64. The molecule has 1 saturated heterocycles. The van der Waals surface area contributed by atoms with E-state index in [0.29, 0.717) is 18.3 Å². The van der Waals surface area contributed by atoms with E-state index in [1.165, 1.54) is 12.1 Å². The van der Waals surface area contributed by atoms with Gasteiger partial charge in [-0.2, -0.15) is 0 Å². The summed E-state index contributed by atoms with van der Waals surface area (Å²) in [5, 5.41) is 0. The van der Waals surface area contributed by atoms with Gasteiger partial charge in [-0.3, -0.25) is 0 Å². The van der Waals surface area contributed by atoms with E-state index in [4.69, 9.17) is 19.8 Å². The first-order chi connectivity index (χ1) is 12.2. The van der Waals surface area contributed by atoms with Crippen molar-refractivity contribution in [3.8, 4) is 0 Å². The Morgan fingerprint density at radius 1 is 1.35 bits per heavy atom. The number of carbonyl (C=O) groups excluding carboxylic acids is 1. The van der Waals surface area contributed by atoms with Crippen LogP contribution in [0.3, 0.4) is 0 Å². The van der Waals surface area contributed by atoms with Crippen molar-refractivity contribution in [1.82, 2.24) is 0 Å². The molecule has 2 bridgehead atoms. The van der Waals surface area contributed by atoms with Gasteiger partial charge in [0.15, 0.2) is 0 Å². The van der Waals surface area contributed by atoms with Crippen LogP contribution in [0.25, 0.3) is 0 Å². The summed E-state index contributed by atoms with van der Waals surface area (Å²) in [4.78, 5) is 11.4.